The van der Waals surface area contributed by atoms with Crippen LogP contribution in [0.5, 0.6) is 5.75 Å². The topological polar surface area (TPSA) is 42.8 Å². The van der Waals surface area contributed by atoms with Crippen LogP contribution in [-0.4, -0.2) is 32.2 Å². The molecule has 1 aliphatic rings. The van der Waals surface area contributed by atoms with Gasteiger partial charge in [0.15, 0.2) is 6.54 Å². The predicted octanol–water partition coefficient (Wildman–Crippen LogP) is 2.60. The fraction of sp³-hybridized carbons (Fsp3) is 0.250. The van der Waals surface area contributed by atoms with Gasteiger partial charge in [-0.15, -0.1) is 0 Å². The van der Waals surface area contributed by atoms with E-state index < -0.39 is 6.61 Å². The van der Waals surface area contributed by atoms with Gasteiger partial charge in [0.05, 0.1) is 13.1 Å². The van der Waals surface area contributed by atoms with Gasteiger partial charge in [0, 0.05) is 12.1 Å². The Morgan fingerprint density at radius 2 is 1.85 bits per heavy atom. The van der Waals surface area contributed by atoms with Crippen LogP contribution >= 0.6 is 0 Å². The van der Waals surface area contributed by atoms with E-state index in [9.17, 15) is 13.6 Å². The summed E-state index contributed by atoms with van der Waals surface area (Å²) in [5, 5.41) is 2.79. The number of hydrogen-bond acceptors (Lipinski definition) is 2. The number of halogens is 2. The van der Waals surface area contributed by atoms with Crippen LogP contribution in [0.3, 0.4) is 0 Å². The number of quaternary nitrogens is 1. The van der Waals surface area contributed by atoms with Crippen molar-refractivity contribution in [3.8, 4) is 5.75 Å². The molecule has 0 spiro atoms. The number of carbonyl (C=O) groups is 1. The van der Waals surface area contributed by atoms with E-state index in [0.717, 1.165) is 19.5 Å². The number of carbonyl (C=O) groups excluding carboxylic acids is 1. The highest BCUT2D eigenvalue weighted by Crippen LogP contribution is 2.18. The summed E-state index contributed by atoms with van der Waals surface area (Å²) < 4.78 is 28.5. The highest BCUT2D eigenvalue weighted by molar-refractivity contribution is 5.91. The van der Waals surface area contributed by atoms with Gasteiger partial charge in [0.1, 0.15) is 5.75 Å². The van der Waals surface area contributed by atoms with Crippen LogP contribution in [0.1, 0.15) is 12.0 Å². The largest absolute Gasteiger partial charge is 0.435 e. The lowest BCUT2D eigenvalue weighted by Crippen LogP contribution is -3.13. The minimum absolute atomic E-state index is 0.0678. The zero-order valence-electron chi connectivity index (χ0n) is 14.3. The van der Waals surface area contributed by atoms with Gasteiger partial charge in [0.25, 0.3) is 5.91 Å². The molecular weight excluding hydrogens is 338 g/mol. The van der Waals surface area contributed by atoms with Gasteiger partial charge >= 0.3 is 6.61 Å². The molecule has 2 aromatic carbocycles. The molecule has 3 rings (SSSR count). The lowest BCUT2D eigenvalue weighted by atomic mass is 10.00. The predicted molar refractivity (Wildman–Crippen MR) is 96.3 cm³/mol. The second-order valence-electron chi connectivity index (χ2n) is 6.18. The van der Waals surface area contributed by atoms with Gasteiger partial charge < -0.3 is 15.0 Å². The summed E-state index contributed by atoms with van der Waals surface area (Å²) in [5.41, 5.74) is 3.13. The third-order valence-corrected chi connectivity index (χ3v) is 4.30. The van der Waals surface area contributed by atoms with Crippen molar-refractivity contribution in [2.75, 3.05) is 25.0 Å². The summed E-state index contributed by atoms with van der Waals surface area (Å²) in [6.45, 7) is -0.783. The van der Waals surface area contributed by atoms with Crippen LogP contribution in [0.4, 0.5) is 14.5 Å². The van der Waals surface area contributed by atoms with Crippen LogP contribution in [0.2, 0.25) is 0 Å². The Morgan fingerprint density at radius 3 is 2.46 bits per heavy atom. The molecular formula is C20H21F2N2O2+. The third-order valence-electron chi connectivity index (χ3n) is 4.30. The Labute approximate surface area is 151 Å². The number of hydrogen-bond donors (Lipinski definition) is 2. The SMILES string of the molecule is O=C(C[NH+]1CC=C(c2ccccc2)CC1)Nc1ccc(OC(F)F)cc1. The molecule has 2 aromatic rings. The van der Waals surface area contributed by atoms with Crippen molar-refractivity contribution in [3.63, 3.8) is 0 Å². The molecule has 0 saturated heterocycles. The van der Waals surface area contributed by atoms with E-state index in [0.29, 0.717) is 12.2 Å². The highest BCUT2D eigenvalue weighted by Gasteiger charge is 2.19. The van der Waals surface area contributed by atoms with Gasteiger partial charge in [-0.05, 0) is 41.5 Å². The summed E-state index contributed by atoms with van der Waals surface area (Å²) in [5.74, 6) is -0.0303. The molecule has 1 amide bonds. The monoisotopic (exact) mass is 359 g/mol. The first-order chi connectivity index (χ1) is 12.6. The lowest BCUT2D eigenvalue weighted by molar-refractivity contribution is -0.886. The molecule has 4 nitrogen and oxygen atoms in total. The van der Waals surface area contributed by atoms with E-state index in [1.165, 1.54) is 28.2 Å². The lowest BCUT2D eigenvalue weighted by Gasteiger charge is -2.23. The molecule has 0 saturated carbocycles. The summed E-state index contributed by atoms with van der Waals surface area (Å²) in [4.78, 5) is 13.4. The Bertz CT molecular complexity index is 761. The first-order valence-electron chi connectivity index (χ1n) is 8.53. The van der Waals surface area contributed by atoms with Crippen LogP contribution in [-0.2, 0) is 4.79 Å². The maximum Gasteiger partial charge on any atom is 0.387 e. The number of amides is 1. The number of alkyl halides is 2. The molecule has 0 fully saturated rings. The van der Waals surface area contributed by atoms with Gasteiger partial charge in [-0.25, -0.2) is 0 Å². The van der Waals surface area contributed by atoms with Crippen molar-refractivity contribution in [2.45, 2.75) is 13.0 Å². The van der Waals surface area contributed by atoms with Crippen LogP contribution in [0, 0.1) is 0 Å². The van der Waals surface area contributed by atoms with Gasteiger partial charge in [-0.1, -0.05) is 30.3 Å². The standard InChI is InChI=1S/C20H20F2N2O2/c21-20(22)26-18-8-6-17(7-9-18)23-19(25)14-24-12-10-16(11-13-24)15-4-2-1-3-5-15/h1-10,20H,11-14H2,(H,23,25)/p+1. The molecule has 0 radical (unpaired) electrons. The van der Waals surface area contributed by atoms with Crippen LogP contribution in [0.15, 0.2) is 60.7 Å². The molecule has 1 aliphatic heterocycles. The number of ether oxygens (including phenoxy) is 1. The van der Waals surface area contributed by atoms with Crippen molar-refractivity contribution in [3.05, 3.63) is 66.2 Å². The minimum atomic E-state index is -2.85. The van der Waals surface area contributed by atoms with E-state index in [-0.39, 0.29) is 11.7 Å². The molecule has 26 heavy (non-hydrogen) atoms. The smallest absolute Gasteiger partial charge is 0.387 e. The second-order valence-corrected chi connectivity index (χ2v) is 6.18. The second kappa shape index (κ2) is 8.58. The Morgan fingerprint density at radius 1 is 1.12 bits per heavy atom. The van der Waals surface area contributed by atoms with E-state index in [4.69, 9.17) is 0 Å². The number of nitrogens with one attached hydrogen (secondary N) is 2. The molecule has 1 atom stereocenters. The quantitative estimate of drug-likeness (QED) is 0.833. The molecule has 0 aliphatic carbocycles. The molecule has 1 unspecified atom stereocenters. The van der Waals surface area contributed by atoms with Crippen molar-refractivity contribution in [1.29, 1.82) is 0 Å². The summed E-state index contributed by atoms with van der Waals surface area (Å²) in [6, 6.07) is 16.2. The average Bonchev–Trinajstić information content (AvgIpc) is 2.64. The average molecular weight is 359 g/mol. The number of anilines is 1. The normalized spacial score (nSPS) is 16.9. The number of rotatable bonds is 6. The van der Waals surface area contributed by atoms with Gasteiger partial charge in [-0.2, -0.15) is 8.78 Å². The summed E-state index contributed by atoms with van der Waals surface area (Å²) >= 11 is 0. The Hall–Kier alpha value is -2.73. The minimum Gasteiger partial charge on any atom is -0.435 e. The van der Waals surface area contributed by atoms with Crippen molar-refractivity contribution < 1.29 is 23.2 Å². The first kappa shape index (κ1) is 18.1. The maximum absolute atomic E-state index is 12.2. The van der Waals surface area contributed by atoms with Crippen molar-refractivity contribution in [1.82, 2.24) is 0 Å². The summed E-state index contributed by atoms with van der Waals surface area (Å²) in [6.07, 6.45) is 3.13. The maximum atomic E-state index is 12.2. The van der Waals surface area contributed by atoms with Gasteiger partial charge in [0.2, 0.25) is 0 Å². The molecule has 2 N–H and O–H groups in total. The Balaban J connectivity index is 1.49. The molecule has 1 heterocycles. The molecule has 6 heteroatoms. The van der Waals surface area contributed by atoms with E-state index >= 15 is 0 Å². The van der Waals surface area contributed by atoms with Gasteiger partial charge in [-0.3, -0.25) is 4.79 Å². The van der Waals surface area contributed by atoms with E-state index in [1.54, 1.807) is 12.1 Å². The summed E-state index contributed by atoms with van der Waals surface area (Å²) in [7, 11) is 0. The zero-order chi connectivity index (χ0) is 18.4. The van der Waals surface area contributed by atoms with Crippen molar-refractivity contribution >= 4 is 17.2 Å². The Kier molecular flexibility index (Phi) is 5.96. The fourth-order valence-electron chi connectivity index (χ4n) is 3.01. The molecule has 0 bridgehead atoms. The van der Waals surface area contributed by atoms with E-state index in [1.807, 2.05) is 18.2 Å². The number of benzene rings is 2. The molecule has 136 valence electrons. The zero-order valence-corrected chi connectivity index (χ0v) is 14.3. The van der Waals surface area contributed by atoms with Crippen molar-refractivity contribution in [2.24, 2.45) is 0 Å². The highest BCUT2D eigenvalue weighted by atomic mass is 19.3. The first-order valence-corrected chi connectivity index (χ1v) is 8.53. The molecule has 0 aromatic heterocycles. The third kappa shape index (κ3) is 5.13. The van der Waals surface area contributed by atoms with Crippen LogP contribution < -0.4 is 15.0 Å². The van der Waals surface area contributed by atoms with E-state index in [2.05, 4.69) is 28.3 Å². The fourth-order valence-corrected chi connectivity index (χ4v) is 3.01. The van der Waals surface area contributed by atoms with Crippen LogP contribution in [0.25, 0.3) is 5.57 Å².